The first-order chi connectivity index (χ1) is 7.22. The molecule has 0 aliphatic rings. The molecule has 2 N–H and O–H groups in total. The van der Waals surface area contributed by atoms with Gasteiger partial charge in [-0.15, -0.1) is 0 Å². The van der Waals surface area contributed by atoms with Gasteiger partial charge in [-0.1, -0.05) is 23.2 Å². The monoisotopic (exact) mass is 243 g/mol. The van der Waals surface area contributed by atoms with Crippen LogP contribution in [0.5, 0.6) is 0 Å². The number of benzene rings is 1. The molecule has 0 bridgehead atoms. The van der Waals surface area contributed by atoms with Gasteiger partial charge >= 0.3 is 0 Å². The normalized spacial score (nSPS) is 11.1. The molecule has 0 aliphatic carbocycles. The molecule has 0 radical (unpaired) electrons. The van der Waals surface area contributed by atoms with Crippen molar-refractivity contribution in [2.24, 2.45) is 0 Å². The van der Waals surface area contributed by atoms with Gasteiger partial charge in [0.25, 0.3) is 0 Å². The standard InChI is InChI=1S/C11H11Cl2NO/c12-8-4-9-7(2-1-3-15)6-14-11(9)10(13)5-8/h4-6,14-15H,1-3H2. The summed E-state index contributed by atoms with van der Waals surface area (Å²) in [6.45, 7) is 0.195. The molecule has 0 unspecified atom stereocenters. The number of aliphatic hydroxyl groups is 1. The Balaban J connectivity index is 2.49. The maximum Gasteiger partial charge on any atom is 0.0661 e. The fourth-order valence-electron chi connectivity index (χ4n) is 1.69. The van der Waals surface area contributed by atoms with Crippen LogP contribution in [0.1, 0.15) is 12.0 Å². The fourth-order valence-corrected chi connectivity index (χ4v) is 2.23. The molecule has 0 atom stereocenters. The number of fused-ring (bicyclic) bond motifs is 1. The largest absolute Gasteiger partial charge is 0.396 e. The van der Waals surface area contributed by atoms with Gasteiger partial charge in [0.2, 0.25) is 0 Å². The highest BCUT2D eigenvalue weighted by Crippen LogP contribution is 2.29. The zero-order valence-corrected chi connectivity index (χ0v) is 9.57. The summed E-state index contributed by atoms with van der Waals surface area (Å²) >= 11 is 12.0. The van der Waals surface area contributed by atoms with Crippen LogP contribution in [0.25, 0.3) is 10.9 Å². The van der Waals surface area contributed by atoms with Crippen LogP contribution in [-0.4, -0.2) is 16.7 Å². The summed E-state index contributed by atoms with van der Waals surface area (Å²) in [5.74, 6) is 0. The van der Waals surface area contributed by atoms with Crippen molar-refractivity contribution in [3.05, 3.63) is 33.9 Å². The molecule has 2 rings (SSSR count). The average molecular weight is 244 g/mol. The van der Waals surface area contributed by atoms with Crippen molar-refractivity contribution in [3.8, 4) is 0 Å². The maximum absolute atomic E-state index is 8.78. The van der Waals surface area contributed by atoms with Crippen molar-refractivity contribution in [3.63, 3.8) is 0 Å². The van der Waals surface area contributed by atoms with Crippen LogP contribution in [0.4, 0.5) is 0 Å². The quantitative estimate of drug-likeness (QED) is 0.852. The molecule has 80 valence electrons. The maximum atomic E-state index is 8.78. The average Bonchev–Trinajstić information content (AvgIpc) is 2.58. The Morgan fingerprint density at radius 1 is 1.27 bits per heavy atom. The Kier molecular flexibility index (Phi) is 3.19. The number of aromatic nitrogens is 1. The molecule has 0 amide bonds. The van der Waals surface area contributed by atoms with Crippen molar-refractivity contribution < 1.29 is 5.11 Å². The molecule has 1 aromatic carbocycles. The van der Waals surface area contributed by atoms with Crippen LogP contribution in [0, 0.1) is 0 Å². The summed E-state index contributed by atoms with van der Waals surface area (Å²) < 4.78 is 0. The van der Waals surface area contributed by atoms with E-state index < -0.39 is 0 Å². The summed E-state index contributed by atoms with van der Waals surface area (Å²) in [6, 6.07) is 3.61. The first-order valence-electron chi connectivity index (χ1n) is 4.78. The first kappa shape index (κ1) is 10.8. The van der Waals surface area contributed by atoms with Crippen LogP contribution < -0.4 is 0 Å². The summed E-state index contributed by atoms with van der Waals surface area (Å²) in [5, 5.41) is 11.1. The minimum Gasteiger partial charge on any atom is -0.396 e. The summed E-state index contributed by atoms with van der Waals surface area (Å²) in [4.78, 5) is 3.12. The van der Waals surface area contributed by atoms with E-state index in [1.165, 1.54) is 0 Å². The number of aryl methyl sites for hydroxylation is 1. The van der Waals surface area contributed by atoms with Crippen LogP contribution in [0.15, 0.2) is 18.3 Å². The lowest BCUT2D eigenvalue weighted by Crippen LogP contribution is -1.87. The van der Waals surface area contributed by atoms with Crippen LogP contribution in [0.2, 0.25) is 10.0 Å². The lowest BCUT2D eigenvalue weighted by atomic mass is 10.1. The van der Waals surface area contributed by atoms with Gasteiger partial charge in [-0.2, -0.15) is 0 Å². The molecule has 0 saturated carbocycles. The molecular formula is C11H11Cl2NO. The van der Waals surface area contributed by atoms with Gasteiger partial charge in [0.1, 0.15) is 0 Å². The summed E-state index contributed by atoms with van der Waals surface area (Å²) in [6.07, 6.45) is 3.49. The Bertz CT molecular complexity index is 479. The highest BCUT2D eigenvalue weighted by Gasteiger charge is 2.07. The number of hydrogen-bond donors (Lipinski definition) is 2. The number of hydrogen-bond acceptors (Lipinski definition) is 1. The Morgan fingerprint density at radius 2 is 2.07 bits per heavy atom. The predicted octanol–water partition coefficient (Wildman–Crippen LogP) is 3.40. The second-order valence-electron chi connectivity index (χ2n) is 3.45. The Hall–Kier alpha value is -0.700. The molecule has 4 heteroatoms. The third kappa shape index (κ3) is 2.12. The number of halogens is 2. The van der Waals surface area contributed by atoms with Crippen molar-refractivity contribution in [2.45, 2.75) is 12.8 Å². The molecule has 0 spiro atoms. The SMILES string of the molecule is OCCCc1c[nH]c2c(Cl)cc(Cl)cc12. The third-order valence-electron chi connectivity index (χ3n) is 2.40. The third-order valence-corrected chi connectivity index (χ3v) is 2.91. The van der Waals surface area contributed by atoms with Crippen LogP contribution in [0.3, 0.4) is 0 Å². The van der Waals surface area contributed by atoms with Gasteiger partial charge in [0, 0.05) is 23.2 Å². The molecule has 15 heavy (non-hydrogen) atoms. The van der Waals surface area contributed by atoms with Gasteiger partial charge in [-0.3, -0.25) is 0 Å². The van der Waals surface area contributed by atoms with Crippen molar-refractivity contribution in [2.75, 3.05) is 6.61 Å². The van der Waals surface area contributed by atoms with Gasteiger partial charge in [0.05, 0.1) is 10.5 Å². The number of H-pyrrole nitrogens is 1. The zero-order valence-electron chi connectivity index (χ0n) is 8.06. The molecule has 0 saturated heterocycles. The first-order valence-corrected chi connectivity index (χ1v) is 5.54. The molecule has 0 fully saturated rings. The van der Waals surface area contributed by atoms with Gasteiger partial charge in [-0.05, 0) is 30.5 Å². The van der Waals surface area contributed by atoms with Gasteiger partial charge in [0.15, 0.2) is 0 Å². The number of aliphatic hydroxyl groups excluding tert-OH is 1. The van der Waals surface area contributed by atoms with Crippen LogP contribution >= 0.6 is 23.2 Å². The molecule has 2 nitrogen and oxygen atoms in total. The minimum atomic E-state index is 0.195. The molecular weight excluding hydrogens is 233 g/mol. The number of aromatic amines is 1. The smallest absolute Gasteiger partial charge is 0.0661 e. The zero-order chi connectivity index (χ0) is 10.8. The van der Waals surface area contributed by atoms with E-state index in [2.05, 4.69) is 4.98 Å². The van der Waals surface area contributed by atoms with Gasteiger partial charge in [-0.25, -0.2) is 0 Å². The summed E-state index contributed by atoms with van der Waals surface area (Å²) in [5.41, 5.74) is 2.05. The van der Waals surface area contributed by atoms with E-state index in [0.29, 0.717) is 10.0 Å². The molecule has 0 aliphatic heterocycles. The van der Waals surface area contributed by atoms with Gasteiger partial charge < -0.3 is 10.1 Å². The van der Waals surface area contributed by atoms with E-state index in [1.807, 2.05) is 12.3 Å². The fraction of sp³-hybridized carbons (Fsp3) is 0.273. The van der Waals surface area contributed by atoms with E-state index in [9.17, 15) is 0 Å². The molecule has 1 aromatic heterocycles. The van der Waals surface area contributed by atoms with E-state index in [4.69, 9.17) is 28.3 Å². The Morgan fingerprint density at radius 3 is 2.80 bits per heavy atom. The topological polar surface area (TPSA) is 36.0 Å². The highest BCUT2D eigenvalue weighted by molar-refractivity contribution is 6.38. The van der Waals surface area contributed by atoms with Crippen molar-refractivity contribution in [1.29, 1.82) is 0 Å². The number of nitrogens with one attached hydrogen (secondary N) is 1. The van der Waals surface area contributed by atoms with Crippen molar-refractivity contribution in [1.82, 2.24) is 4.98 Å². The summed E-state index contributed by atoms with van der Waals surface area (Å²) in [7, 11) is 0. The van der Waals surface area contributed by atoms with E-state index in [0.717, 1.165) is 29.3 Å². The van der Waals surface area contributed by atoms with Crippen LogP contribution in [-0.2, 0) is 6.42 Å². The predicted molar refractivity (Wildman–Crippen MR) is 63.7 cm³/mol. The van der Waals surface area contributed by atoms with E-state index in [-0.39, 0.29) is 6.61 Å². The lowest BCUT2D eigenvalue weighted by Gasteiger charge is -1.99. The molecule has 1 heterocycles. The second-order valence-corrected chi connectivity index (χ2v) is 4.29. The Labute approximate surface area is 97.8 Å². The number of rotatable bonds is 3. The minimum absolute atomic E-state index is 0.195. The van der Waals surface area contributed by atoms with E-state index in [1.54, 1.807) is 6.07 Å². The van der Waals surface area contributed by atoms with Crippen molar-refractivity contribution >= 4 is 34.1 Å². The second kappa shape index (κ2) is 4.44. The van der Waals surface area contributed by atoms with E-state index >= 15 is 0 Å². The lowest BCUT2D eigenvalue weighted by molar-refractivity contribution is 0.289. The highest BCUT2D eigenvalue weighted by atomic mass is 35.5. The molecule has 2 aromatic rings.